The summed E-state index contributed by atoms with van der Waals surface area (Å²) in [6, 6.07) is 13.8. The van der Waals surface area contributed by atoms with E-state index in [4.69, 9.17) is 4.74 Å². The molecule has 0 fully saturated rings. The van der Waals surface area contributed by atoms with Gasteiger partial charge in [-0.2, -0.15) is 0 Å². The first-order chi connectivity index (χ1) is 12.6. The van der Waals surface area contributed by atoms with E-state index < -0.39 is 17.6 Å². The van der Waals surface area contributed by atoms with Crippen LogP contribution in [0.2, 0.25) is 0 Å². The summed E-state index contributed by atoms with van der Waals surface area (Å²) in [4.78, 5) is 14.6. The maximum atomic E-state index is 13.7. The van der Waals surface area contributed by atoms with Gasteiger partial charge < -0.3 is 4.74 Å². The van der Waals surface area contributed by atoms with Crippen LogP contribution in [0.1, 0.15) is 24.5 Å². The summed E-state index contributed by atoms with van der Waals surface area (Å²) >= 11 is 0. The molecule has 3 rings (SSSR count). The molecule has 0 atom stereocenters. The first kappa shape index (κ1) is 18.3. The van der Waals surface area contributed by atoms with E-state index in [9.17, 15) is 13.6 Å². The highest BCUT2D eigenvalue weighted by Gasteiger charge is 2.26. The van der Waals surface area contributed by atoms with E-state index in [1.165, 1.54) is 6.07 Å². The quantitative estimate of drug-likeness (QED) is 0.752. The maximum Gasteiger partial charge on any atom is 0.335 e. The monoisotopic (exact) mass is 357 g/mol. The Balaban J connectivity index is 1.89. The molecule has 1 heterocycles. The fraction of sp³-hybridized carbons (Fsp3) is 0.286. The van der Waals surface area contributed by atoms with E-state index in [-0.39, 0.29) is 6.61 Å². The molecular weight excluding hydrogens is 336 g/mol. The van der Waals surface area contributed by atoms with Crippen molar-refractivity contribution in [3.05, 3.63) is 76.9 Å². The van der Waals surface area contributed by atoms with E-state index in [1.54, 1.807) is 6.92 Å². The predicted octanol–water partition coefficient (Wildman–Crippen LogP) is 4.19. The first-order valence-electron chi connectivity index (χ1n) is 8.69. The van der Waals surface area contributed by atoms with Gasteiger partial charge in [0.1, 0.15) is 0 Å². The topological polar surface area (TPSA) is 29.5 Å². The van der Waals surface area contributed by atoms with Gasteiger partial charge >= 0.3 is 5.97 Å². The molecule has 3 nitrogen and oxygen atoms in total. The second-order valence-corrected chi connectivity index (χ2v) is 6.25. The van der Waals surface area contributed by atoms with Crippen LogP contribution in [-0.4, -0.2) is 30.6 Å². The summed E-state index contributed by atoms with van der Waals surface area (Å²) in [5.74, 6) is -2.21. The van der Waals surface area contributed by atoms with Crippen molar-refractivity contribution >= 4 is 11.5 Å². The molecule has 2 aromatic rings. The Morgan fingerprint density at radius 3 is 2.58 bits per heavy atom. The number of carbonyl (C=O) groups excluding carboxylic acids is 1. The summed E-state index contributed by atoms with van der Waals surface area (Å²) in [7, 11) is 0. The van der Waals surface area contributed by atoms with Crippen LogP contribution in [0.15, 0.2) is 54.1 Å². The molecule has 0 radical (unpaired) electrons. The number of nitrogens with zero attached hydrogens (tertiary/aromatic N) is 1. The van der Waals surface area contributed by atoms with Crippen LogP contribution in [-0.2, 0) is 16.1 Å². The van der Waals surface area contributed by atoms with Gasteiger partial charge in [0.05, 0.1) is 12.2 Å². The highest BCUT2D eigenvalue weighted by Crippen LogP contribution is 2.30. The first-order valence-corrected chi connectivity index (χ1v) is 8.69. The SMILES string of the molecule is CCOC(=O)C1=C(c2ccc(F)c(F)c2)CCN(Cc2ccccc2)C1. The largest absolute Gasteiger partial charge is 0.463 e. The van der Waals surface area contributed by atoms with Crippen LogP contribution in [0.4, 0.5) is 8.78 Å². The lowest BCUT2D eigenvalue weighted by atomic mass is 9.93. The Morgan fingerprint density at radius 2 is 1.88 bits per heavy atom. The number of halogens is 2. The number of hydrogen-bond donors (Lipinski definition) is 0. The minimum atomic E-state index is -0.912. The summed E-state index contributed by atoms with van der Waals surface area (Å²) in [5.41, 5.74) is 2.94. The molecule has 0 amide bonds. The Bertz CT molecular complexity index is 818. The Morgan fingerprint density at radius 1 is 1.12 bits per heavy atom. The zero-order valence-corrected chi connectivity index (χ0v) is 14.7. The van der Waals surface area contributed by atoms with E-state index in [0.717, 1.165) is 36.4 Å². The van der Waals surface area contributed by atoms with Crippen molar-refractivity contribution < 1.29 is 18.3 Å². The average molecular weight is 357 g/mol. The van der Waals surface area contributed by atoms with Gasteiger partial charge in [0.2, 0.25) is 0 Å². The third kappa shape index (κ3) is 4.17. The summed E-state index contributed by atoms with van der Waals surface area (Å²) < 4.78 is 32.1. The van der Waals surface area contributed by atoms with Gasteiger partial charge in [-0.05, 0) is 42.2 Å². The van der Waals surface area contributed by atoms with Gasteiger partial charge in [0, 0.05) is 19.6 Å². The molecule has 0 N–H and O–H groups in total. The normalized spacial score (nSPS) is 15.2. The van der Waals surface area contributed by atoms with E-state index in [1.807, 2.05) is 30.3 Å². The fourth-order valence-electron chi connectivity index (χ4n) is 3.20. The van der Waals surface area contributed by atoms with Crippen molar-refractivity contribution in [1.82, 2.24) is 4.90 Å². The molecule has 136 valence electrons. The van der Waals surface area contributed by atoms with Crippen LogP contribution in [0.5, 0.6) is 0 Å². The van der Waals surface area contributed by atoms with Crippen molar-refractivity contribution in [2.75, 3.05) is 19.7 Å². The smallest absolute Gasteiger partial charge is 0.335 e. The van der Waals surface area contributed by atoms with Gasteiger partial charge in [-0.25, -0.2) is 13.6 Å². The molecule has 2 aromatic carbocycles. The predicted molar refractivity (Wildman–Crippen MR) is 96.2 cm³/mol. The number of benzene rings is 2. The highest BCUT2D eigenvalue weighted by molar-refractivity contribution is 5.98. The molecule has 1 aliphatic heterocycles. The molecule has 1 aliphatic rings. The molecule has 0 bridgehead atoms. The van der Waals surface area contributed by atoms with Crippen molar-refractivity contribution in [3.8, 4) is 0 Å². The lowest BCUT2D eigenvalue weighted by molar-refractivity contribution is -0.138. The standard InChI is InChI=1S/C21H21F2NO2/c1-2-26-21(25)18-14-24(13-15-6-4-3-5-7-15)11-10-17(18)16-8-9-19(22)20(23)12-16/h3-9,12H,2,10-11,13-14H2,1H3. The molecule has 26 heavy (non-hydrogen) atoms. The summed E-state index contributed by atoms with van der Waals surface area (Å²) in [6.45, 7) is 3.88. The molecule has 0 aromatic heterocycles. The lowest BCUT2D eigenvalue weighted by Gasteiger charge is -2.30. The molecule has 0 spiro atoms. The zero-order chi connectivity index (χ0) is 18.5. The average Bonchev–Trinajstić information content (AvgIpc) is 2.65. The molecule has 0 aliphatic carbocycles. The maximum absolute atomic E-state index is 13.7. The highest BCUT2D eigenvalue weighted by atomic mass is 19.2. The summed E-state index contributed by atoms with van der Waals surface area (Å²) in [6.07, 6.45) is 0.575. The van der Waals surface area contributed by atoms with E-state index >= 15 is 0 Å². The lowest BCUT2D eigenvalue weighted by Crippen LogP contribution is -2.34. The Kier molecular flexibility index (Phi) is 5.78. The zero-order valence-electron chi connectivity index (χ0n) is 14.7. The Hall–Kier alpha value is -2.53. The van der Waals surface area contributed by atoms with Gasteiger partial charge in [0.15, 0.2) is 11.6 Å². The third-order valence-electron chi connectivity index (χ3n) is 4.46. The Labute approximate surface area is 151 Å². The minimum absolute atomic E-state index is 0.270. The number of carbonyl (C=O) groups is 1. The van der Waals surface area contributed by atoms with Gasteiger partial charge in [-0.15, -0.1) is 0 Å². The van der Waals surface area contributed by atoms with Crippen LogP contribution in [0.3, 0.4) is 0 Å². The second kappa shape index (κ2) is 8.23. The minimum Gasteiger partial charge on any atom is -0.463 e. The molecule has 0 saturated heterocycles. The van der Waals surface area contributed by atoms with E-state index in [2.05, 4.69) is 4.90 Å². The molecular formula is C21H21F2NO2. The van der Waals surface area contributed by atoms with Crippen molar-refractivity contribution in [1.29, 1.82) is 0 Å². The summed E-state index contributed by atoms with van der Waals surface area (Å²) in [5, 5.41) is 0. The van der Waals surface area contributed by atoms with Crippen LogP contribution >= 0.6 is 0 Å². The fourth-order valence-corrected chi connectivity index (χ4v) is 3.20. The second-order valence-electron chi connectivity index (χ2n) is 6.25. The van der Waals surface area contributed by atoms with Crippen molar-refractivity contribution in [2.45, 2.75) is 19.9 Å². The number of ether oxygens (including phenoxy) is 1. The molecule has 5 heteroatoms. The van der Waals surface area contributed by atoms with Gasteiger partial charge in [-0.1, -0.05) is 36.4 Å². The van der Waals surface area contributed by atoms with Crippen molar-refractivity contribution in [3.63, 3.8) is 0 Å². The van der Waals surface area contributed by atoms with Crippen LogP contribution < -0.4 is 0 Å². The van der Waals surface area contributed by atoms with E-state index in [0.29, 0.717) is 24.1 Å². The van der Waals surface area contributed by atoms with Gasteiger partial charge in [-0.3, -0.25) is 4.90 Å². The number of rotatable bonds is 5. The van der Waals surface area contributed by atoms with Crippen LogP contribution in [0.25, 0.3) is 5.57 Å². The van der Waals surface area contributed by atoms with Crippen LogP contribution in [0, 0.1) is 11.6 Å². The van der Waals surface area contributed by atoms with Crippen molar-refractivity contribution in [2.24, 2.45) is 0 Å². The van der Waals surface area contributed by atoms with Gasteiger partial charge in [0.25, 0.3) is 0 Å². The number of esters is 1. The molecule has 0 unspecified atom stereocenters. The third-order valence-corrected chi connectivity index (χ3v) is 4.46. The molecule has 0 saturated carbocycles. The number of hydrogen-bond acceptors (Lipinski definition) is 3.